The summed E-state index contributed by atoms with van der Waals surface area (Å²) < 4.78 is 5.37. The molecule has 2 rings (SSSR count). The summed E-state index contributed by atoms with van der Waals surface area (Å²) in [5.41, 5.74) is 2.40. The van der Waals surface area contributed by atoms with Gasteiger partial charge in [0.05, 0.1) is 12.8 Å². The summed E-state index contributed by atoms with van der Waals surface area (Å²) >= 11 is 0. The predicted molar refractivity (Wildman–Crippen MR) is 64.4 cm³/mol. The van der Waals surface area contributed by atoms with Gasteiger partial charge in [0, 0.05) is 6.20 Å². The molecule has 0 fully saturated rings. The monoisotopic (exact) mass is 216 g/mol. The van der Waals surface area contributed by atoms with Crippen molar-refractivity contribution in [1.29, 1.82) is 0 Å². The Kier molecular flexibility index (Phi) is 3.25. The first-order valence-electron chi connectivity index (χ1n) is 5.52. The van der Waals surface area contributed by atoms with Gasteiger partial charge in [0.1, 0.15) is 11.6 Å². The van der Waals surface area contributed by atoms with E-state index in [-0.39, 0.29) is 0 Å². The number of hydrogen-bond acceptors (Lipinski definition) is 3. The van der Waals surface area contributed by atoms with Crippen LogP contribution in [-0.4, -0.2) is 4.98 Å². The SMILES string of the molecule is CCc1cccnc1NCc1occc1C. The number of anilines is 1. The number of nitrogens with one attached hydrogen (secondary N) is 1. The fourth-order valence-corrected chi connectivity index (χ4v) is 1.63. The van der Waals surface area contributed by atoms with Crippen molar-refractivity contribution in [1.82, 2.24) is 4.98 Å². The van der Waals surface area contributed by atoms with Crippen LogP contribution in [0.1, 0.15) is 23.8 Å². The summed E-state index contributed by atoms with van der Waals surface area (Å²) in [4.78, 5) is 4.33. The van der Waals surface area contributed by atoms with Crippen molar-refractivity contribution in [3.8, 4) is 0 Å². The Morgan fingerprint density at radius 1 is 1.38 bits per heavy atom. The zero-order valence-corrected chi connectivity index (χ0v) is 9.66. The van der Waals surface area contributed by atoms with Crippen molar-refractivity contribution < 1.29 is 4.42 Å². The average Bonchev–Trinajstić information content (AvgIpc) is 2.72. The lowest BCUT2D eigenvalue weighted by Gasteiger charge is -2.08. The molecule has 0 saturated heterocycles. The molecular weight excluding hydrogens is 200 g/mol. The van der Waals surface area contributed by atoms with Crippen LogP contribution in [0.2, 0.25) is 0 Å². The number of aryl methyl sites for hydroxylation is 2. The molecule has 0 spiro atoms. The summed E-state index contributed by atoms with van der Waals surface area (Å²) in [6.45, 7) is 4.85. The molecule has 3 nitrogen and oxygen atoms in total. The molecular formula is C13H16N2O. The number of rotatable bonds is 4. The van der Waals surface area contributed by atoms with Crippen molar-refractivity contribution in [3.05, 3.63) is 47.5 Å². The van der Waals surface area contributed by atoms with Crippen LogP contribution >= 0.6 is 0 Å². The quantitative estimate of drug-likeness (QED) is 0.853. The summed E-state index contributed by atoms with van der Waals surface area (Å²) in [6.07, 6.45) is 4.50. The maximum Gasteiger partial charge on any atom is 0.129 e. The van der Waals surface area contributed by atoms with Gasteiger partial charge in [-0.25, -0.2) is 4.98 Å². The molecule has 0 amide bonds. The van der Waals surface area contributed by atoms with Crippen LogP contribution < -0.4 is 5.32 Å². The highest BCUT2D eigenvalue weighted by Crippen LogP contribution is 2.15. The zero-order chi connectivity index (χ0) is 11.4. The van der Waals surface area contributed by atoms with Crippen LogP contribution in [0.15, 0.2) is 35.1 Å². The Hall–Kier alpha value is -1.77. The van der Waals surface area contributed by atoms with E-state index in [9.17, 15) is 0 Å². The van der Waals surface area contributed by atoms with Crippen LogP contribution in [-0.2, 0) is 13.0 Å². The third kappa shape index (κ3) is 2.24. The molecule has 0 unspecified atom stereocenters. The lowest BCUT2D eigenvalue weighted by atomic mass is 10.2. The largest absolute Gasteiger partial charge is 0.467 e. The Morgan fingerprint density at radius 3 is 2.94 bits per heavy atom. The molecule has 16 heavy (non-hydrogen) atoms. The lowest BCUT2D eigenvalue weighted by molar-refractivity contribution is 0.515. The van der Waals surface area contributed by atoms with Crippen molar-refractivity contribution in [3.63, 3.8) is 0 Å². The zero-order valence-electron chi connectivity index (χ0n) is 9.66. The summed E-state index contributed by atoms with van der Waals surface area (Å²) in [7, 11) is 0. The molecule has 0 atom stereocenters. The maximum absolute atomic E-state index is 5.37. The second-order valence-corrected chi connectivity index (χ2v) is 3.75. The van der Waals surface area contributed by atoms with E-state index < -0.39 is 0 Å². The Labute approximate surface area is 95.5 Å². The van der Waals surface area contributed by atoms with Gasteiger partial charge in [0.25, 0.3) is 0 Å². The summed E-state index contributed by atoms with van der Waals surface area (Å²) in [5, 5.41) is 3.30. The van der Waals surface area contributed by atoms with Gasteiger partial charge in [0.15, 0.2) is 0 Å². The molecule has 0 aliphatic rings. The Balaban J connectivity index is 2.07. The molecule has 0 aromatic carbocycles. The third-order valence-corrected chi connectivity index (χ3v) is 2.66. The Bertz CT molecular complexity index is 462. The second kappa shape index (κ2) is 4.84. The van der Waals surface area contributed by atoms with Crippen LogP contribution in [0.3, 0.4) is 0 Å². The van der Waals surface area contributed by atoms with E-state index >= 15 is 0 Å². The predicted octanol–water partition coefficient (Wildman–Crippen LogP) is 3.16. The van der Waals surface area contributed by atoms with Crippen LogP contribution in [0.25, 0.3) is 0 Å². The standard InChI is InChI=1S/C13H16N2O/c1-3-11-5-4-7-14-13(11)15-9-12-10(2)6-8-16-12/h4-8H,3,9H2,1-2H3,(H,14,15). The van der Waals surface area contributed by atoms with E-state index in [4.69, 9.17) is 4.42 Å². The van der Waals surface area contributed by atoms with Gasteiger partial charge in [-0.05, 0) is 36.6 Å². The van der Waals surface area contributed by atoms with E-state index in [1.165, 1.54) is 11.1 Å². The van der Waals surface area contributed by atoms with Gasteiger partial charge >= 0.3 is 0 Å². The fraction of sp³-hybridized carbons (Fsp3) is 0.308. The lowest BCUT2D eigenvalue weighted by Crippen LogP contribution is -2.04. The van der Waals surface area contributed by atoms with Gasteiger partial charge in [0.2, 0.25) is 0 Å². The van der Waals surface area contributed by atoms with Crippen molar-refractivity contribution in [2.24, 2.45) is 0 Å². The second-order valence-electron chi connectivity index (χ2n) is 3.75. The highest BCUT2D eigenvalue weighted by Gasteiger charge is 2.04. The van der Waals surface area contributed by atoms with Gasteiger partial charge in [-0.15, -0.1) is 0 Å². The van der Waals surface area contributed by atoms with Crippen molar-refractivity contribution in [2.75, 3.05) is 5.32 Å². The molecule has 0 radical (unpaired) electrons. The molecule has 2 heterocycles. The van der Waals surface area contributed by atoms with E-state index in [1.54, 1.807) is 12.5 Å². The average molecular weight is 216 g/mol. The van der Waals surface area contributed by atoms with Gasteiger partial charge in [-0.1, -0.05) is 13.0 Å². The number of nitrogens with zero attached hydrogens (tertiary/aromatic N) is 1. The van der Waals surface area contributed by atoms with Gasteiger partial charge in [-0.3, -0.25) is 0 Å². The minimum absolute atomic E-state index is 0.683. The fourth-order valence-electron chi connectivity index (χ4n) is 1.63. The molecule has 3 heteroatoms. The number of hydrogen-bond donors (Lipinski definition) is 1. The first-order chi connectivity index (χ1) is 7.81. The molecule has 0 bridgehead atoms. The number of pyridine rings is 1. The van der Waals surface area contributed by atoms with Crippen LogP contribution in [0, 0.1) is 6.92 Å². The topological polar surface area (TPSA) is 38.1 Å². The van der Waals surface area contributed by atoms with E-state index in [1.807, 2.05) is 19.1 Å². The molecule has 2 aromatic heterocycles. The first kappa shape index (κ1) is 10.7. The molecule has 0 aliphatic heterocycles. The van der Waals surface area contributed by atoms with Crippen LogP contribution in [0.5, 0.6) is 0 Å². The highest BCUT2D eigenvalue weighted by atomic mass is 16.3. The number of furan rings is 1. The maximum atomic E-state index is 5.37. The van der Waals surface area contributed by atoms with E-state index in [2.05, 4.69) is 23.3 Å². The third-order valence-electron chi connectivity index (χ3n) is 2.66. The van der Waals surface area contributed by atoms with Gasteiger partial charge in [-0.2, -0.15) is 0 Å². The smallest absolute Gasteiger partial charge is 0.129 e. The minimum Gasteiger partial charge on any atom is -0.467 e. The molecule has 0 saturated carbocycles. The van der Waals surface area contributed by atoms with Crippen molar-refractivity contribution in [2.45, 2.75) is 26.8 Å². The van der Waals surface area contributed by atoms with Gasteiger partial charge < -0.3 is 9.73 Å². The van der Waals surface area contributed by atoms with Crippen LogP contribution in [0.4, 0.5) is 5.82 Å². The Morgan fingerprint density at radius 2 is 2.25 bits per heavy atom. The summed E-state index contributed by atoms with van der Waals surface area (Å²) in [5.74, 6) is 1.91. The summed E-state index contributed by atoms with van der Waals surface area (Å²) in [6, 6.07) is 6.02. The highest BCUT2D eigenvalue weighted by molar-refractivity contribution is 5.44. The van der Waals surface area contributed by atoms with E-state index in [0.717, 1.165) is 18.0 Å². The molecule has 0 aliphatic carbocycles. The van der Waals surface area contributed by atoms with E-state index in [0.29, 0.717) is 6.54 Å². The first-order valence-corrected chi connectivity index (χ1v) is 5.52. The minimum atomic E-state index is 0.683. The molecule has 84 valence electrons. The molecule has 1 N–H and O–H groups in total. The molecule has 2 aromatic rings. The van der Waals surface area contributed by atoms with Crippen molar-refractivity contribution >= 4 is 5.82 Å². The number of aromatic nitrogens is 1. The normalized spacial score (nSPS) is 10.4.